The Labute approximate surface area is 110 Å². The molecule has 0 radical (unpaired) electrons. The van der Waals surface area contributed by atoms with E-state index in [4.69, 9.17) is 0 Å². The second kappa shape index (κ2) is 5.11. The molecule has 0 atom stereocenters. The summed E-state index contributed by atoms with van der Waals surface area (Å²) in [4.78, 5) is 5.58. The molecule has 1 nitrogen and oxygen atoms in total. The topological polar surface area (TPSA) is 3.24 Å². The van der Waals surface area contributed by atoms with Gasteiger partial charge in [-0.15, -0.1) is 11.3 Å². The van der Waals surface area contributed by atoms with E-state index in [1.165, 1.54) is 35.7 Å². The number of nitrogens with zero attached hydrogens (tertiary/aromatic N) is 1. The van der Waals surface area contributed by atoms with Crippen molar-refractivity contribution < 1.29 is 0 Å². The lowest BCUT2D eigenvalue weighted by atomic mass is 9.75. The molecule has 2 heteroatoms. The summed E-state index contributed by atoms with van der Waals surface area (Å²) < 4.78 is 0. The van der Waals surface area contributed by atoms with Gasteiger partial charge in [0.05, 0.1) is 0 Å². The van der Waals surface area contributed by atoms with Crippen LogP contribution in [0.1, 0.15) is 43.4 Å². The maximum absolute atomic E-state index is 2.62. The van der Waals surface area contributed by atoms with E-state index in [0.29, 0.717) is 5.41 Å². The van der Waals surface area contributed by atoms with Crippen LogP contribution in [-0.2, 0) is 6.54 Å². The van der Waals surface area contributed by atoms with Crippen LogP contribution in [0.25, 0.3) is 0 Å². The summed E-state index contributed by atoms with van der Waals surface area (Å²) in [6, 6.07) is 4.53. The molecule has 0 amide bonds. The molecular formula is C15H25NS. The van der Waals surface area contributed by atoms with Gasteiger partial charge in [0.15, 0.2) is 0 Å². The molecule has 1 saturated heterocycles. The van der Waals surface area contributed by atoms with Crippen LogP contribution in [-0.4, -0.2) is 18.0 Å². The first-order chi connectivity index (χ1) is 7.95. The molecule has 0 spiro atoms. The predicted molar refractivity (Wildman–Crippen MR) is 76.5 cm³/mol. The molecule has 0 N–H and O–H groups in total. The lowest BCUT2D eigenvalue weighted by Crippen LogP contribution is -2.37. The van der Waals surface area contributed by atoms with Gasteiger partial charge in [0.2, 0.25) is 0 Å². The highest BCUT2D eigenvalue weighted by Gasteiger charge is 2.28. The van der Waals surface area contributed by atoms with Gasteiger partial charge < -0.3 is 0 Å². The molecule has 17 heavy (non-hydrogen) atoms. The SMILES string of the molecule is Cc1ccc(CN2CCC(C(C)(C)C)CC2)s1. The Balaban J connectivity index is 1.83. The maximum Gasteiger partial charge on any atom is 0.0328 e. The van der Waals surface area contributed by atoms with E-state index in [2.05, 4.69) is 44.7 Å². The first-order valence-corrected chi connectivity index (χ1v) is 7.54. The monoisotopic (exact) mass is 251 g/mol. The van der Waals surface area contributed by atoms with E-state index >= 15 is 0 Å². The Kier molecular flexibility index (Phi) is 3.94. The summed E-state index contributed by atoms with van der Waals surface area (Å²) >= 11 is 1.95. The van der Waals surface area contributed by atoms with E-state index in [0.717, 1.165) is 12.5 Å². The first kappa shape index (κ1) is 13.1. The molecular weight excluding hydrogens is 226 g/mol. The van der Waals surface area contributed by atoms with Crippen molar-refractivity contribution in [1.82, 2.24) is 4.90 Å². The Hall–Kier alpha value is -0.340. The Morgan fingerprint density at radius 1 is 1.24 bits per heavy atom. The summed E-state index contributed by atoms with van der Waals surface area (Å²) in [6.07, 6.45) is 2.74. The first-order valence-electron chi connectivity index (χ1n) is 6.73. The smallest absolute Gasteiger partial charge is 0.0328 e. The second-order valence-corrected chi connectivity index (χ2v) is 7.80. The van der Waals surface area contributed by atoms with Gasteiger partial charge in [0.1, 0.15) is 0 Å². The van der Waals surface area contributed by atoms with Crippen LogP contribution >= 0.6 is 11.3 Å². The third-order valence-corrected chi connectivity index (χ3v) is 4.97. The fourth-order valence-corrected chi connectivity index (χ4v) is 3.68. The van der Waals surface area contributed by atoms with Crippen molar-refractivity contribution in [3.8, 4) is 0 Å². The molecule has 0 unspecified atom stereocenters. The molecule has 0 aromatic carbocycles. The van der Waals surface area contributed by atoms with Gasteiger partial charge in [-0.2, -0.15) is 0 Å². The molecule has 0 bridgehead atoms. The fraction of sp³-hybridized carbons (Fsp3) is 0.733. The van der Waals surface area contributed by atoms with E-state index in [1.54, 1.807) is 0 Å². The van der Waals surface area contributed by atoms with Crippen molar-refractivity contribution in [3.63, 3.8) is 0 Å². The predicted octanol–water partition coefficient (Wildman–Crippen LogP) is 4.31. The van der Waals surface area contributed by atoms with E-state index in [1.807, 2.05) is 11.3 Å². The molecule has 0 saturated carbocycles. The van der Waals surface area contributed by atoms with Gasteiger partial charge >= 0.3 is 0 Å². The summed E-state index contributed by atoms with van der Waals surface area (Å²) in [5.41, 5.74) is 0.492. The summed E-state index contributed by atoms with van der Waals surface area (Å²) in [6.45, 7) is 13.1. The van der Waals surface area contributed by atoms with Crippen molar-refractivity contribution in [1.29, 1.82) is 0 Å². The lowest BCUT2D eigenvalue weighted by molar-refractivity contribution is 0.109. The molecule has 0 aliphatic carbocycles. The van der Waals surface area contributed by atoms with Crippen LogP contribution in [0.4, 0.5) is 0 Å². The van der Waals surface area contributed by atoms with Crippen LogP contribution in [0.15, 0.2) is 12.1 Å². The number of rotatable bonds is 2. The minimum absolute atomic E-state index is 0.492. The number of piperidine rings is 1. The van der Waals surface area contributed by atoms with E-state index < -0.39 is 0 Å². The van der Waals surface area contributed by atoms with E-state index in [-0.39, 0.29) is 0 Å². The van der Waals surface area contributed by atoms with Gasteiger partial charge in [0, 0.05) is 16.3 Å². The van der Waals surface area contributed by atoms with Crippen LogP contribution < -0.4 is 0 Å². The van der Waals surface area contributed by atoms with Gasteiger partial charge in [0.25, 0.3) is 0 Å². The lowest BCUT2D eigenvalue weighted by Gasteiger charge is -2.38. The molecule has 1 aliphatic heterocycles. The van der Waals surface area contributed by atoms with Crippen molar-refractivity contribution in [3.05, 3.63) is 21.9 Å². The van der Waals surface area contributed by atoms with Gasteiger partial charge in [-0.3, -0.25) is 4.90 Å². The highest BCUT2D eigenvalue weighted by Crippen LogP contribution is 2.34. The number of aryl methyl sites for hydroxylation is 1. The molecule has 2 rings (SSSR count). The Morgan fingerprint density at radius 3 is 2.35 bits per heavy atom. The normalized spacial score (nSPS) is 19.8. The minimum Gasteiger partial charge on any atom is -0.298 e. The quantitative estimate of drug-likeness (QED) is 0.757. The van der Waals surface area contributed by atoms with Crippen LogP contribution in [0, 0.1) is 18.3 Å². The van der Waals surface area contributed by atoms with Gasteiger partial charge in [-0.25, -0.2) is 0 Å². The molecule has 1 aliphatic rings. The maximum atomic E-state index is 2.62. The summed E-state index contributed by atoms with van der Waals surface area (Å²) in [7, 11) is 0. The fourth-order valence-electron chi connectivity index (χ4n) is 2.75. The zero-order chi connectivity index (χ0) is 12.5. The van der Waals surface area contributed by atoms with Crippen molar-refractivity contribution in [2.45, 2.75) is 47.1 Å². The molecule has 96 valence electrons. The van der Waals surface area contributed by atoms with Gasteiger partial charge in [-0.05, 0) is 56.3 Å². The Morgan fingerprint density at radius 2 is 1.88 bits per heavy atom. The second-order valence-electron chi connectivity index (χ2n) is 6.43. The molecule has 1 fully saturated rings. The number of thiophene rings is 1. The zero-order valence-electron chi connectivity index (χ0n) is 11.6. The average molecular weight is 251 g/mol. The minimum atomic E-state index is 0.492. The highest BCUT2D eigenvalue weighted by molar-refractivity contribution is 7.11. The third-order valence-electron chi connectivity index (χ3n) is 3.99. The summed E-state index contributed by atoms with van der Waals surface area (Å²) in [5, 5.41) is 0. The zero-order valence-corrected chi connectivity index (χ0v) is 12.4. The third kappa shape index (κ3) is 3.56. The molecule has 2 heterocycles. The van der Waals surface area contributed by atoms with Crippen molar-refractivity contribution in [2.24, 2.45) is 11.3 Å². The van der Waals surface area contributed by atoms with Crippen molar-refractivity contribution >= 4 is 11.3 Å². The van der Waals surface area contributed by atoms with E-state index in [9.17, 15) is 0 Å². The number of likely N-dealkylation sites (tertiary alicyclic amines) is 1. The number of hydrogen-bond donors (Lipinski definition) is 0. The van der Waals surface area contributed by atoms with Gasteiger partial charge in [-0.1, -0.05) is 20.8 Å². The largest absolute Gasteiger partial charge is 0.298 e. The molecule has 1 aromatic rings. The standard InChI is InChI=1S/C15H25NS/c1-12-5-6-14(17-12)11-16-9-7-13(8-10-16)15(2,3)4/h5-6,13H,7-11H2,1-4H3. The van der Waals surface area contributed by atoms with Crippen molar-refractivity contribution in [2.75, 3.05) is 13.1 Å². The highest BCUT2D eigenvalue weighted by atomic mass is 32.1. The number of hydrogen-bond acceptors (Lipinski definition) is 2. The van der Waals surface area contributed by atoms with Crippen LogP contribution in [0.3, 0.4) is 0 Å². The van der Waals surface area contributed by atoms with Crippen LogP contribution in [0.5, 0.6) is 0 Å². The Bertz CT molecular complexity index is 353. The average Bonchev–Trinajstić information content (AvgIpc) is 2.63. The van der Waals surface area contributed by atoms with Crippen LogP contribution in [0.2, 0.25) is 0 Å². The molecule has 1 aromatic heterocycles. The summed E-state index contributed by atoms with van der Waals surface area (Å²) in [5.74, 6) is 0.906.